The number of carbonyl (C=O) groups is 1. The summed E-state index contributed by atoms with van der Waals surface area (Å²) in [6.07, 6.45) is -14.5. The molecule has 0 unspecified atom stereocenters. The molecule has 4 rings (SSSR count). The molecule has 2 aliphatic heterocycles. The van der Waals surface area contributed by atoms with Crippen molar-refractivity contribution in [2.24, 2.45) is 0 Å². The van der Waals surface area contributed by atoms with Crippen molar-refractivity contribution in [2.45, 2.75) is 87.6 Å². The molecule has 2 fully saturated rings. The Morgan fingerprint density at radius 3 is 2.16 bits per heavy atom. The van der Waals surface area contributed by atoms with E-state index in [1.54, 1.807) is 18.2 Å². The largest absolute Gasteiger partial charge is 0.504 e. The number of phenolic OH excluding ortho intramolecular Hbond substituents is 3. The van der Waals surface area contributed by atoms with Crippen LogP contribution in [0.2, 0.25) is 0 Å². The quantitative estimate of drug-likeness (QED) is 0.105. The van der Waals surface area contributed by atoms with Crippen molar-refractivity contribution in [3.8, 4) is 23.0 Å². The lowest BCUT2D eigenvalue weighted by atomic mass is 9.97. The summed E-state index contributed by atoms with van der Waals surface area (Å²) in [5.74, 6) is -1.23. The molecule has 2 aromatic carbocycles. The van der Waals surface area contributed by atoms with Gasteiger partial charge in [-0.3, -0.25) is 4.79 Å². The van der Waals surface area contributed by atoms with E-state index in [-0.39, 0.29) is 48.9 Å². The highest BCUT2D eigenvalue weighted by molar-refractivity contribution is 5.70. The van der Waals surface area contributed by atoms with Crippen LogP contribution in [-0.4, -0.2) is 129 Å². The zero-order chi connectivity index (χ0) is 32.8. The first-order chi connectivity index (χ1) is 21.4. The van der Waals surface area contributed by atoms with E-state index in [9.17, 15) is 45.6 Å². The number of benzene rings is 2. The lowest BCUT2D eigenvalue weighted by molar-refractivity contribution is -0.357. The van der Waals surface area contributed by atoms with Gasteiger partial charge in [0, 0.05) is 6.42 Å². The number of aliphatic hydroxyl groups excluding tert-OH is 5. The van der Waals surface area contributed by atoms with Crippen LogP contribution >= 0.6 is 0 Å². The minimum absolute atomic E-state index is 0.0551. The molecule has 0 aromatic heterocycles. The summed E-state index contributed by atoms with van der Waals surface area (Å²) >= 11 is 0. The minimum atomic E-state index is -1.75. The second-order valence-electron chi connectivity index (χ2n) is 10.9. The number of aliphatic hydroxyl groups is 5. The van der Waals surface area contributed by atoms with Gasteiger partial charge < -0.3 is 69.3 Å². The molecule has 250 valence electrons. The van der Waals surface area contributed by atoms with Crippen LogP contribution in [0.5, 0.6) is 23.0 Å². The Kier molecular flexibility index (Phi) is 11.8. The zero-order valence-electron chi connectivity index (χ0n) is 24.7. The van der Waals surface area contributed by atoms with Crippen molar-refractivity contribution in [1.82, 2.24) is 0 Å². The summed E-state index contributed by atoms with van der Waals surface area (Å²) in [5.41, 5.74) is 1.20. The SMILES string of the molecule is COc1ccc(CCC(=O)O[C@@H]2[C@@H](O[C@@H]3O[C@@H](C)[C@H](O)[C@@H](O)[C@@H]3O)[C@H](O)[C@@H](OCCc3ccc(O)c(O)c3)O[C@H]2CO)cc1O. The third kappa shape index (κ3) is 8.32. The number of hydrogen-bond donors (Lipinski definition) is 8. The first-order valence-corrected chi connectivity index (χ1v) is 14.4. The number of rotatable bonds is 12. The summed E-state index contributed by atoms with van der Waals surface area (Å²) in [7, 11) is 1.40. The van der Waals surface area contributed by atoms with Gasteiger partial charge >= 0.3 is 5.97 Å². The Balaban J connectivity index is 1.49. The number of methoxy groups -OCH3 is 1. The lowest BCUT2D eigenvalue weighted by Gasteiger charge is -2.46. The van der Waals surface area contributed by atoms with Crippen LogP contribution in [0.1, 0.15) is 24.5 Å². The molecular formula is C30H40O15. The monoisotopic (exact) mass is 640 g/mol. The van der Waals surface area contributed by atoms with Gasteiger partial charge in [0.2, 0.25) is 0 Å². The zero-order valence-corrected chi connectivity index (χ0v) is 24.7. The molecule has 45 heavy (non-hydrogen) atoms. The van der Waals surface area contributed by atoms with Crippen LogP contribution in [0.15, 0.2) is 36.4 Å². The van der Waals surface area contributed by atoms with Crippen LogP contribution in [0.25, 0.3) is 0 Å². The van der Waals surface area contributed by atoms with E-state index in [1.165, 1.54) is 32.2 Å². The second kappa shape index (κ2) is 15.4. The smallest absolute Gasteiger partial charge is 0.306 e. The normalized spacial score (nSPS) is 31.8. The molecule has 0 saturated carbocycles. The van der Waals surface area contributed by atoms with E-state index in [0.29, 0.717) is 11.1 Å². The van der Waals surface area contributed by atoms with Crippen molar-refractivity contribution in [3.63, 3.8) is 0 Å². The Labute approximate surface area is 258 Å². The van der Waals surface area contributed by atoms with E-state index in [4.69, 9.17) is 28.4 Å². The predicted molar refractivity (Wildman–Crippen MR) is 151 cm³/mol. The van der Waals surface area contributed by atoms with E-state index < -0.39 is 74.0 Å². The molecule has 0 radical (unpaired) electrons. The molecule has 0 amide bonds. The van der Waals surface area contributed by atoms with Gasteiger partial charge in [-0.2, -0.15) is 0 Å². The van der Waals surface area contributed by atoms with E-state index in [2.05, 4.69) is 0 Å². The van der Waals surface area contributed by atoms with Crippen LogP contribution in [0, 0.1) is 0 Å². The molecule has 2 aliphatic rings. The Hall–Kier alpha value is -3.25. The number of esters is 1. The van der Waals surface area contributed by atoms with Crippen LogP contribution < -0.4 is 4.74 Å². The van der Waals surface area contributed by atoms with Gasteiger partial charge in [-0.1, -0.05) is 12.1 Å². The third-order valence-electron chi connectivity index (χ3n) is 7.74. The first kappa shape index (κ1) is 34.6. The maximum Gasteiger partial charge on any atom is 0.306 e. The summed E-state index contributed by atoms with van der Waals surface area (Å²) in [5, 5.41) is 81.6. The maximum atomic E-state index is 13.0. The molecule has 0 aliphatic carbocycles. The van der Waals surface area contributed by atoms with Crippen molar-refractivity contribution in [1.29, 1.82) is 0 Å². The minimum Gasteiger partial charge on any atom is -0.504 e. The van der Waals surface area contributed by atoms with Gasteiger partial charge in [-0.15, -0.1) is 0 Å². The highest BCUT2D eigenvalue weighted by Gasteiger charge is 2.52. The average Bonchev–Trinajstić information content (AvgIpc) is 3.02. The van der Waals surface area contributed by atoms with Gasteiger partial charge in [-0.25, -0.2) is 0 Å². The Morgan fingerprint density at radius 1 is 0.800 bits per heavy atom. The lowest BCUT2D eigenvalue weighted by Crippen LogP contribution is -2.65. The highest BCUT2D eigenvalue weighted by atomic mass is 16.7. The fourth-order valence-corrected chi connectivity index (χ4v) is 5.12. The van der Waals surface area contributed by atoms with E-state index in [1.807, 2.05) is 0 Å². The van der Waals surface area contributed by atoms with Crippen LogP contribution in [0.3, 0.4) is 0 Å². The van der Waals surface area contributed by atoms with E-state index in [0.717, 1.165) is 0 Å². The Bertz CT molecular complexity index is 1270. The van der Waals surface area contributed by atoms with Gasteiger partial charge in [0.05, 0.1) is 26.4 Å². The molecule has 10 atom stereocenters. The Morgan fingerprint density at radius 2 is 1.49 bits per heavy atom. The summed E-state index contributed by atoms with van der Waals surface area (Å²) in [4.78, 5) is 13.0. The predicted octanol–water partition coefficient (Wildman–Crippen LogP) is -0.793. The van der Waals surface area contributed by atoms with Gasteiger partial charge in [0.25, 0.3) is 0 Å². The number of aromatic hydroxyl groups is 3. The number of ether oxygens (including phenoxy) is 6. The summed E-state index contributed by atoms with van der Waals surface area (Å²) in [6.45, 7) is 0.684. The van der Waals surface area contributed by atoms with Gasteiger partial charge in [-0.05, 0) is 55.2 Å². The standard InChI is InChI=1S/C30H40O15/c1-14-23(36)24(37)25(38)30(42-14)45-28-26(39)29(41-10-9-16-3-6-17(32)18(33)11-16)43-21(13-31)27(28)44-22(35)8-5-15-4-7-20(40-2)19(34)12-15/h3-4,6-7,11-12,14,21,23-34,36-39H,5,8-10,13H2,1-2H3/t14-,21-,23-,24+,25-,26-,27-,28-,29-,30-/m0/s1. The fraction of sp³-hybridized carbons (Fsp3) is 0.567. The number of carbonyl (C=O) groups excluding carboxylic acids is 1. The molecule has 0 bridgehead atoms. The molecule has 0 spiro atoms. The third-order valence-corrected chi connectivity index (χ3v) is 7.74. The topological polar surface area (TPSA) is 234 Å². The molecule has 2 heterocycles. The highest BCUT2D eigenvalue weighted by Crippen LogP contribution is 2.32. The molecule has 8 N–H and O–H groups in total. The number of hydrogen-bond acceptors (Lipinski definition) is 15. The number of aryl methyl sites for hydroxylation is 1. The first-order valence-electron chi connectivity index (χ1n) is 14.4. The van der Waals surface area contributed by atoms with Crippen molar-refractivity contribution in [2.75, 3.05) is 20.3 Å². The van der Waals surface area contributed by atoms with E-state index >= 15 is 0 Å². The molecule has 2 aromatic rings. The van der Waals surface area contributed by atoms with Crippen molar-refractivity contribution in [3.05, 3.63) is 47.5 Å². The maximum absolute atomic E-state index is 13.0. The second-order valence-corrected chi connectivity index (χ2v) is 10.9. The molecule has 2 saturated heterocycles. The molecular weight excluding hydrogens is 600 g/mol. The van der Waals surface area contributed by atoms with Crippen molar-refractivity contribution >= 4 is 5.97 Å². The number of phenols is 3. The summed E-state index contributed by atoms with van der Waals surface area (Å²) in [6, 6.07) is 8.84. The average molecular weight is 641 g/mol. The van der Waals surface area contributed by atoms with Gasteiger partial charge in [0.15, 0.2) is 41.7 Å². The molecule has 15 heteroatoms. The van der Waals surface area contributed by atoms with Crippen LogP contribution in [0.4, 0.5) is 0 Å². The fourth-order valence-electron chi connectivity index (χ4n) is 5.12. The van der Waals surface area contributed by atoms with Crippen molar-refractivity contribution < 1.29 is 74.1 Å². The molecule has 15 nitrogen and oxygen atoms in total. The summed E-state index contributed by atoms with van der Waals surface area (Å²) < 4.78 is 33.5. The van der Waals surface area contributed by atoms with Crippen LogP contribution in [-0.2, 0) is 41.3 Å². The van der Waals surface area contributed by atoms with Gasteiger partial charge in [0.1, 0.15) is 36.6 Å².